The fourth-order valence-corrected chi connectivity index (χ4v) is 2.63. The van der Waals surface area contributed by atoms with Crippen LogP contribution in [0.1, 0.15) is 29.9 Å². The Kier molecular flexibility index (Phi) is 5.44. The largest absolute Gasteiger partial charge is 0.480 e. The number of thiophene rings is 1. The van der Waals surface area contributed by atoms with Crippen molar-refractivity contribution in [2.45, 2.75) is 26.3 Å². The van der Waals surface area contributed by atoms with Gasteiger partial charge in [-0.15, -0.1) is 11.3 Å². The molecule has 0 spiro atoms. The number of aliphatic carboxylic acids is 1. The van der Waals surface area contributed by atoms with Crippen LogP contribution in [0.5, 0.6) is 0 Å². The molecule has 0 aliphatic rings. The van der Waals surface area contributed by atoms with Gasteiger partial charge in [-0.05, 0) is 12.0 Å². The van der Waals surface area contributed by atoms with Crippen molar-refractivity contribution >= 4 is 46.4 Å². The molecule has 2 N–H and O–H groups in total. The molecule has 0 saturated heterocycles. The van der Waals surface area contributed by atoms with Crippen LogP contribution in [0.3, 0.4) is 0 Å². The number of carboxylic acids is 1. The molecule has 0 fully saturated rings. The molecule has 7 heteroatoms. The van der Waals surface area contributed by atoms with Crippen LogP contribution < -0.4 is 5.32 Å². The molecule has 0 bridgehead atoms. The van der Waals surface area contributed by atoms with E-state index in [9.17, 15) is 9.59 Å². The summed E-state index contributed by atoms with van der Waals surface area (Å²) in [6.45, 7) is 3.64. The molecule has 0 aliphatic carbocycles. The summed E-state index contributed by atoms with van der Waals surface area (Å²) < 4.78 is 0.317. The zero-order chi connectivity index (χ0) is 13.9. The Bertz CT molecular complexity index is 442. The predicted molar refractivity (Wildman–Crippen MR) is 72.7 cm³/mol. The molecule has 0 aliphatic heterocycles. The average Bonchev–Trinajstić information content (AvgIpc) is 2.65. The normalized spacial score (nSPS) is 14.0. The van der Waals surface area contributed by atoms with Gasteiger partial charge in [0.05, 0.1) is 9.90 Å². The smallest absolute Gasteiger partial charge is 0.326 e. The summed E-state index contributed by atoms with van der Waals surface area (Å²) in [6.07, 6.45) is 0.656. The number of carbonyl (C=O) groups is 2. The lowest BCUT2D eigenvalue weighted by atomic mass is 9.99. The fraction of sp³-hybridized carbons (Fsp3) is 0.455. The van der Waals surface area contributed by atoms with E-state index in [1.54, 1.807) is 6.92 Å². The second-order valence-corrected chi connectivity index (χ2v) is 5.97. The van der Waals surface area contributed by atoms with E-state index in [4.69, 9.17) is 28.3 Å². The minimum atomic E-state index is -1.05. The summed E-state index contributed by atoms with van der Waals surface area (Å²) in [5.41, 5.74) is 0. The molecule has 1 amide bonds. The van der Waals surface area contributed by atoms with E-state index in [2.05, 4.69) is 5.32 Å². The van der Waals surface area contributed by atoms with Crippen LogP contribution >= 0.6 is 34.5 Å². The minimum absolute atomic E-state index is 0.155. The maximum absolute atomic E-state index is 11.9. The molecule has 0 radical (unpaired) electrons. The first-order valence-corrected chi connectivity index (χ1v) is 6.92. The number of carboxylic acid groups (broad SMARTS) is 1. The van der Waals surface area contributed by atoms with Gasteiger partial charge in [-0.2, -0.15) is 0 Å². The highest BCUT2D eigenvalue weighted by Gasteiger charge is 2.26. The van der Waals surface area contributed by atoms with E-state index in [1.807, 2.05) is 6.92 Å². The van der Waals surface area contributed by atoms with Crippen LogP contribution in [0.2, 0.25) is 9.36 Å². The first-order chi connectivity index (χ1) is 8.36. The molecular weight excluding hydrogens is 297 g/mol. The van der Waals surface area contributed by atoms with Crippen molar-refractivity contribution in [1.82, 2.24) is 5.32 Å². The van der Waals surface area contributed by atoms with Gasteiger partial charge in [0.15, 0.2) is 0 Å². The summed E-state index contributed by atoms with van der Waals surface area (Å²) in [4.78, 5) is 23.2. The summed E-state index contributed by atoms with van der Waals surface area (Å²) in [5.74, 6) is -1.68. The van der Waals surface area contributed by atoms with Crippen molar-refractivity contribution in [2.75, 3.05) is 0 Å². The molecule has 0 saturated carbocycles. The van der Waals surface area contributed by atoms with Gasteiger partial charge in [-0.1, -0.05) is 43.5 Å². The van der Waals surface area contributed by atoms with Crippen molar-refractivity contribution in [1.29, 1.82) is 0 Å². The maximum Gasteiger partial charge on any atom is 0.326 e. The zero-order valence-electron chi connectivity index (χ0n) is 9.87. The van der Waals surface area contributed by atoms with E-state index in [-0.39, 0.29) is 5.92 Å². The van der Waals surface area contributed by atoms with Gasteiger partial charge in [-0.25, -0.2) is 4.79 Å². The number of amides is 1. The van der Waals surface area contributed by atoms with Gasteiger partial charge in [0, 0.05) is 0 Å². The lowest BCUT2D eigenvalue weighted by Crippen LogP contribution is -2.44. The number of halogens is 2. The number of hydrogen-bond donors (Lipinski definition) is 2. The second-order valence-electron chi connectivity index (χ2n) is 3.91. The molecule has 18 heavy (non-hydrogen) atoms. The minimum Gasteiger partial charge on any atom is -0.480 e. The van der Waals surface area contributed by atoms with Crippen molar-refractivity contribution in [2.24, 2.45) is 5.92 Å². The Labute approximate surface area is 119 Å². The first kappa shape index (κ1) is 15.3. The van der Waals surface area contributed by atoms with Gasteiger partial charge in [-0.3, -0.25) is 4.79 Å². The Morgan fingerprint density at radius 1 is 1.50 bits per heavy atom. The van der Waals surface area contributed by atoms with Gasteiger partial charge >= 0.3 is 5.97 Å². The molecule has 4 nitrogen and oxygen atoms in total. The third-order valence-corrected chi connectivity index (χ3v) is 4.50. The van der Waals surface area contributed by atoms with Gasteiger partial charge in [0.2, 0.25) is 0 Å². The Morgan fingerprint density at radius 3 is 2.50 bits per heavy atom. The van der Waals surface area contributed by atoms with Crippen LogP contribution in [0.25, 0.3) is 0 Å². The summed E-state index contributed by atoms with van der Waals surface area (Å²) in [7, 11) is 0. The lowest BCUT2D eigenvalue weighted by Gasteiger charge is -2.19. The number of nitrogens with one attached hydrogen (secondary N) is 1. The van der Waals surface area contributed by atoms with Crippen LogP contribution in [-0.2, 0) is 4.79 Å². The van der Waals surface area contributed by atoms with E-state index in [0.29, 0.717) is 20.7 Å². The van der Waals surface area contributed by atoms with Gasteiger partial charge in [0.1, 0.15) is 10.4 Å². The SMILES string of the molecule is CCC(C)[C@H](NC(=O)c1cc(Cl)c(Cl)s1)C(=O)O. The Hall–Kier alpha value is -0.780. The van der Waals surface area contributed by atoms with Crippen molar-refractivity contribution in [3.8, 4) is 0 Å². The molecule has 1 unspecified atom stereocenters. The first-order valence-electron chi connectivity index (χ1n) is 5.35. The molecule has 1 heterocycles. The van der Waals surface area contributed by atoms with Crippen molar-refractivity contribution in [3.63, 3.8) is 0 Å². The quantitative estimate of drug-likeness (QED) is 0.877. The standard InChI is InChI=1S/C11H13Cl2NO3S/c1-3-5(2)8(11(16)17)14-10(15)7-4-6(12)9(13)18-7/h4-5,8H,3H2,1-2H3,(H,14,15)(H,16,17)/t5?,8-/m0/s1. The third kappa shape index (κ3) is 3.60. The van der Waals surface area contributed by atoms with Crippen molar-refractivity contribution in [3.05, 3.63) is 20.3 Å². The van der Waals surface area contributed by atoms with E-state index in [0.717, 1.165) is 11.3 Å². The Morgan fingerprint density at radius 2 is 2.11 bits per heavy atom. The molecule has 100 valence electrons. The Balaban J connectivity index is 2.81. The van der Waals surface area contributed by atoms with Crippen LogP contribution in [0.4, 0.5) is 0 Å². The van der Waals surface area contributed by atoms with Crippen LogP contribution in [-0.4, -0.2) is 23.0 Å². The fourth-order valence-electron chi connectivity index (χ4n) is 1.35. The summed E-state index contributed by atoms with van der Waals surface area (Å²) in [5, 5.41) is 11.8. The van der Waals surface area contributed by atoms with E-state index >= 15 is 0 Å². The van der Waals surface area contributed by atoms with Crippen molar-refractivity contribution < 1.29 is 14.7 Å². The molecule has 1 aromatic heterocycles. The monoisotopic (exact) mass is 309 g/mol. The summed E-state index contributed by atoms with van der Waals surface area (Å²) in [6, 6.07) is 0.515. The average molecular weight is 310 g/mol. The third-order valence-electron chi connectivity index (χ3n) is 2.63. The number of rotatable bonds is 5. The summed E-state index contributed by atoms with van der Waals surface area (Å²) >= 11 is 12.5. The predicted octanol–water partition coefficient (Wildman–Crippen LogP) is 3.28. The highest BCUT2D eigenvalue weighted by molar-refractivity contribution is 7.18. The molecule has 1 aromatic rings. The molecule has 2 atom stereocenters. The highest BCUT2D eigenvalue weighted by atomic mass is 35.5. The molecular formula is C11H13Cl2NO3S. The number of hydrogen-bond acceptors (Lipinski definition) is 3. The van der Waals surface area contributed by atoms with Gasteiger partial charge < -0.3 is 10.4 Å². The topological polar surface area (TPSA) is 66.4 Å². The molecule has 1 rings (SSSR count). The second kappa shape index (κ2) is 6.41. The van der Waals surface area contributed by atoms with E-state index in [1.165, 1.54) is 6.07 Å². The highest BCUT2D eigenvalue weighted by Crippen LogP contribution is 2.31. The van der Waals surface area contributed by atoms with Crippen LogP contribution in [0, 0.1) is 5.92 Å². The zero-order valence-corrected chi connectivity index (χ0v) is 12.2. The van der Waals surface area contributed by atoms with Gasteiger partial charge in [0.25, 0.3) is 5.91 Å². The van der Waals surface area contributed by atoms with Crippen LogP contribution in [0.15, 0.2) is 6.07 Å². The van der Waals surface area contributed by atoms with E-state index < -0.39 is 17.9 Å². The number of carbonyl (C=O) groups excluding carboxylic acids is 1. The lowest BCUT2D eigenvalue weighted by molar-refractivity contribution is -0.140. The molecule has 0 aromatic carbocycles. The maximum atomic E-state index is 11.9.